The molecule has 0 unspecified atom stereocenters. The van der Waals surface area contributed by atoms with Crippen molar-refractivity contribution in [2.75, 3.05) is 17.7 Å². The van der Waals surface area contributed by atoms with Gasteiger partial charge in [0, 0.05) is 13.1 Å². The van der Waals surface area contributed by atoms with Crippen molar-refractivity contribution < 1.29 is 0 Å². The van der Waals surface area contributed by atoms with Gasteiger partial charge in [0.05, 0.1) is 0 Å². The van der Waals surface area contributed by atoms with Crippen LogP contribution in [0.1, 0.15) is 39.5 Å². The van der Waals surface area contributed by atoms with E-state index in [1.165, 1.54) is 12.8 Å². The highest BCUT2D eigenvalue weighted by Crippen LogP contribution is 2.35. The lowest BCUT2D eigenvalue weighted by Crippen LogP contribution is -2.30. The van der Waals surface area contributed by atoms with Gasteiger partial charge in [-0.15, -0.1) is 0 Å². The maximum atomic E-state index is 5.85. The largest absolute Gasteiger partial charge is 0.357 e. The highest BCUT2D eigenvalue weighted by molar-refractivity contribution is 6.28. The second-order valence-corrected chi connectivity index (χ2v) is 5.92. The van der Waals surface area contributed by atoms with Crippen LogP contribution >= 0.6 is 11.6 Å². The quantitative estimate of drug-likeness (QED) is 0.883. The fraction of sp³-hybridized carbons (Fsp3) is 0.750. The van der Waals surface area contributed by atoms with E-state index in [0.29, 0.717) is 23.4 Å². The van der Waals surface area contributed by atoms with Crippen LogP contribution in [0.25, 0.3) is 0 Å². The molecule has 2 N–H and O–H groups in total. The lowest BCUT2D eigenvalue weighted by atomic mass is 9.76. The Morgan fingerprint density at radius 2 is 1.72 bits per heavy atom. The van der Waals surface area contributed by atoms with Crippen molar-refractivity contribution >= 4 is 23.5 Å². The summed E-state index contributed by atoms with van der Waals surface area (Å²) in [7, 11) is 1.76. The van der Waals surface area contributed by atoms with Crippen LogP contribution in [-0.2, 0) is 0 Å². The van der Waals surface area contributed by atoms with E-state index in [1.54, 1.807) is 7.05 Å². The third kappa shape index (κ3) is 3.45. The molecule has 0 saturated heterocycles. The number of nitrogens with one attached hydrogen (secondary N) is 2. The van der Waals surface area contributed by atoms with Gasteiger partial charge in [0.1, 0.15) is 0 Å². The Hall–Kier alpha value is -1.10. The molecule has 1 fully saturated rings. The number of anilines is 2. The Morgan fingerprint density at radius 1 is 1.11 bits per heavy atom. The van der Waals surface area contributed by atoms with Crippen LogP contribution in [-0.4, -0.2) is 28.0 Å². The van der Waals surface area contributed by atoms with E-state index in [0.717, 1.165) is 12.8 Å². The van der Waals surface area contributed by atoms with Gasteiger partial charge in [0.25, 0.3) is 0 Å². The molecule has 18 heavy (non-hydrogen) atoms. The van der Waals surface area contributed by atoms with Crippen LogP contribution in [0.2, 0.25) is 5.28 Å². The summed E-state index contributed by atoms with van der Waals surface area (Å²) in [5.41, 5.74) is 0.463. The summed E-state index contributed by atoms with van der Waals surface area (Å²) in [5.74, 6) is 1.05. The van der Waals surface area contributed by atoms with Crippen molar-refractivity contribution in [2.45, 2.75) is 45.6 Å². The summed E-state index contributed by atoms with van der Waals surface area (Å²) in [6.45, 7) is 4.64. The van der Waals surface area contributed by atoms with Gasteiger partial charge in [-0.2, -0.15) is 15.0 Å². The van der Waals surface area contributed by atoms with Crippen LogP contribution in [0.15, 0.2) is 0 Å². The molecule has 1 aliphatic carbocycles. The average Bonchev–Trinajstić information content (AvgIpc) is 2.31. The Morgan fingerprint density at radius 3 is 2.33 bits per heavy atom. The third-order valence-corrected chi connectivity index (χ3v) is 3.67. The third-order valence-electron chi connectivity index (χ3n) is 3.50. The molecule has 6 heteroatoms. The Labute approximate surface area is 113 Å². The van der Waals surface area contributed by atoms with E-state index < -0.39 is 0 Å². The molecular formula is C12H20ClN5. The molecule has 0 radical (unpaired) electrons. The minimum Gasteiger partial charge on any atom is -0.357 e. The molecule has 1 saturated carbocycles. The zero-order valence-corrected chi connectivity index (χ0v) is 11.9. The smallest absolute Gasteiger partial charge is 0.229 e. The normalized spacial score (nSPS) is 19.6. The van der Waals surface area contributed by atoms with Crippen molar-refractivity contribution in [1.29, 1.82) is 0 Å². The number of nitrogens with zero attached hydrogens (tertiary/aromatic N) is 3. The van der Waals surface area contributed by atoms with E-state index >= 15 is 0 Å². The molecule has 1 aromatic rings. The van der Waals surface area contributed by atoms with Gasteiger partial charge in [-0.1, -0.05) is 13.8 Å². The molecule has 1 aromatic heterocycles. The van der Waals surface area contributed by atoms with Gasteiger partial charge in [-0.3, -0.25) is 0 Å². The first kappa shape index (κ1) is 13.3. The molecule has 0 spiro atoms. The Kier molecular flexibility index (Phi) is 3.90. The van der Waals surface area contributed by atoms with E-state index in [1.807, 2.05) is 0 Å². The Balaban J connectivity index is 2.00. The van der Waals surface area contributed by atoms with Crippen LogP contribution in [0, 0.1) is 5.41 Å². The number of aromatic nitrogens is 3. The van der Waals surface area contributed by atoms with E-state index in [2.05, 4.69) is 39.4 Å². The number of halogens is 1. The van der Waals surface area contributed by atoms with E-state index in [4.69, 9.17) is 11.6 Å². The van der Waals surface area contributed by atoms with Gasteiger partial charge >= 0.3 is 0 Å². The van der Waals surface area contributed by atoms with Crippen LogP contribution in [0.4, 0.5) is 11.9 Å². The molecule has 0 aliphatic heterocycles. The van der Waals surface area contributed by atoms with Gasteiger partial charge in [-0.05, 0) is 42.7 Å². The van der Waals surface area contributed by atoms with E-state index in [9.17, 15) is 0 Å². The lowest BCUT2D eigenvalue weighted by molar-refractivity contribution is 0.232. The second-order valence-electron chi connectivity index (χ2n) is 5.58. The summed E-state index contributed by atoms with van der Waals surface area (Å²) < 4.78 is 0. The SMILES string of the molecule is CNc1nc(Cl)nc(NC2CCC(C)(C)CC2)n1. The summed E-state index contributed by atoms with van der Waals surface area (Å²) >= 11 is 5.85. The summed E-state index contributed by atoms with van der Waals surface area (Å²) in [4.78, 5) is 12.3. The van der Waals surface area contributed by atoms with Gasteiger partial charge in [0.2, 0.25) is 17.2 Å². The van der Waals surface area contributed by atoms with Crippen LogP contribution in [0.3, 0.4) is 0 Å². The maximum absolute atomic E-state index is 5.85. The fourth-order valence-electron chi connectivity index (χ4n) is 2.25. The second kappa shape index (κ2) is 5.26. The van der Waals surface area contributed by atoms with Crippen molar-refractivity contribution in [3.05, 3.63) is 5.28 Å². The summed E-state index contributed by atoms with van der Waals surface area (Å²) in [5, 5.41) is 6.44. The van der Waals surface area contributed by atoms with Crippen LogP contribution < -0.4 is 10.6 Å². The molecule has 0 amide bonds. The number of hydrogen-bond acceptors (Lipinski definition) is 5. The highest BCUT2D eigenvalue weighted by atomic mass is 35.5. The molecule has 100 valence electrons. The topological polar surface area (TPSA) is 62.7 Å². The first-order valence-corrected chi connectivity index (χ1v) is 6.72. The monoisotopic (exact) mass is 269 g/mol. The number of rotatable bonds is 3. The Bertz CT molecular complexity index is 411. The standard InChI is InChI=1S/C12H20ClN5/c1-12(2)6-4-8(5-7-12)15-11-17-9(13)16-10(14-3)18-11/h8H,4-7H2,1-3H3,(H2,14,15,16,17,18). The zero-order valence-electron chi connectivity index (χ0n) is 11.1. The molecule has 0 bridgehead atoms. The maximum Gasteiger partial charge on any atom is 0.229 e. The van der Waals surface area contributed by atoms with E-state index in [-0.39, 0.29) is 5.28 Å². The molecule has 0 aromatic carbocycles. The first-order valence-electron chi connectivity index (χ1n) is 6.34. The van der Waals surface area contributed by atoms with Crippen molar-refractivity contribution in [3.63, 3.8) is 0 Å². The lowest BCUT2D eigenvalue weighted by Gasteiger charge is -2.34. The van der Waals surface area contributed by atoms with Crippen molar-refractivity contribution in [3.8, 4) is 0 Å². The van der Waals surface area contributed by atoms with Crippen molar-refractivity contribution in [1.82, 2.24) is 15.0 Å². The predicted octanol–water partition coefficient (Wildman–Crippen LogP) is 2.95. The first-order chi connectivity index (χ1) is 8.48. The minimum atomic E-state index is 0.216. The summed E-state index contributed by atoms with van der Waals surface area (Å²) in [6.07, 6.45) is 4.74. The fourth-order valence-corrected chi connectivity index (χ4v) is 2.41. The molecular weight excluding hydrogens is 250 g/mol. The van der Waals surface area contributed by atoms with Crippen LogP contribution in [0.5, 0.6) is 0 Å². The highest BCUT2D eigenvalue weighted by Gasteiger charge is 2.27. The molecule has 2 rings (SSSR count). The van der Waals surface area contributed by atoms with Gasteiger partial charge in [-0.25, -0.2) is 0 Å². The molecule has 1 heterocycles. The average molecular weight is 270 g/mol. The molecule has 1 aliphatic rings. The van der Waals surface area contributed by atoms with Gasteiger partial charge in [0.15, 0.2) is 0 Å². The predicted molar refractivity (Wildman–Crippen MR) is 74.0 cm³/mol. The van der Waals surface area contributed by atoms with Crippen molar-refractivity contribution in [2.24, 2.45) is 5.41 Å². The number of hydrogen-bond donors (Lipinski definition) is 2. The molecule has 5 nitrogen and oxygen atoms in total. The van der Waals surface area contributed by atoms with Gasteiger partial charge < -0.3 is 10.6 Å². The minimum absolute atomic E-state index is 0.216. The molecule has 0 atom stereocenters. The zero-order chi connectivity index (χ0) is 13.2. The summed E-state index contributed by atoms with van der Waals surface area (Å²) in [6, 6.07) is 0.432.